The van der Waals surface area contributed by atoms with Gasteiger partial charge < -0.3 is 5.32 Å². The van der Waals surface area contributed by atoms with Gasteiger partial charge >= 0.3 is 0 Å². The van der Waals surface area contributed by atoms with E-state index in [0.717, 1.165) is 36.8 Å². The van der Waals surface area contributed by atoms with Crippen LogP contribution in [0.15, 0.2) is 53.5 Å². The van der Waals surface area contributed by atoms with E-state index in [4.69, 9.17) is 0 Å². The molecule has 1 saturated carbocycles. The summed E-state index contributed by atoms with van der Waals surface area (Å²) in [7, 11) is 0. The number of benzene rings is 1. The lowest BCUT2D eigenvalue weighted by atomic mass is 9.95. The Bertz CT molecular complexity index is 812. The summed E-state index contributed by atoms with van der Waals surface area (Å²) in [6.45, 7) is 2.02. The van der Waals surface area contributed by atoms with Crippen LogP contribution in [-0.4, -0.2) is 16.5 Å². The van der Waals surface area contributed by atoms with Crippen molar-refractivity contribution in [3.63, 3.8) is 0 Å². The highest BCUT2D eigenvalue weighted by Gasteiger charge is 2.19. The summed E-state index contributed by atoms with van der Waals surface area (Å²) >= 11 is 0. The number of rotatable bonds is 4. The van der Waals surface area contributed by atoms with Gasteiger partial charge in [0.1, 0.15) is 5.70 Å². The van der Waals surface area contributed by atoms with Crippen LogP contribution in [0.1, 0.15) is 43.2 Å². The topological polar surface area (TPSA) is 51.1 Å². The third-order valence-corrected chi connectivity index (χ3v) is 4.64. The van der Waals surface area contributed by atoms with E-state index in [1.54, 1.807) is 24.4 Å². The number of hydrogen-bond acceptors (Lipinski definition) is 2. The van der Waals surface area contributed by atoms with E-state index in [1.807, 2.05) is 31.2 Å². The molecule has 0 atom stereocenters. The molecule has 130 valence electrons. The van der Waals surface area contributed by atoms with E-state index in [-0.39, 0.29) is 17.5 Å². The van der Waals surface area contributed by atoms with Crippen molar-refractivity contribution in [1.29, 1.82) is 0 Å². The van der Waals surface area contributed by atoms with Gasteiger partial charge in [0.15, 0.2) is 0 Å². The Morgan fingerprint density at radius 3 is 2.48 bits per heavy atom. The van der Waals surface area contributed by atoms with Crippen LogP contribution in [0.5, 0.6) is 0 Å². The zero-order valence-electron chi connectivity index (χ0n) is 14.6. The lowest BCUT2D eigenvalue weighted by Gasteiger charge is -2.23. The van der Waals surface area contributed by atoms with Gasteiger partial charge in [0, 0.05) is 18.3 Å². The minimum atomic E-state index is -0.209. The highest BCUT2D eigenvalue weighted by atomic mass is 16.2. The summed E-state index contributed by atoms with van der Waals surface area (Å²) in [5, 5.41) is 3.11. The number of amides is 1. The SMILES string of the molecule is Cc1ccc(/C=C(\C(=O)NC2CCCCC2)n2ccccc2=O)cc1. The second kappa shape index (κ2) is 7.97. The largest absolute Gasteiger partial charge is 0.348 e. The number of aryl methyl sites for hydroxylation is 1. The molecule has 2 aromatic rings. The number of carbonyl (C=O) groups is 1. The summed E-state index contributed by atoms with van der Waals surface area (Å²) < 4.78 is 1.41. The Hall–Kier alpha value is -2.62. The smallest absolute Gasteiger partial charge is 0.268 e. The normalized spacial score (nSPS) is 15.8. The molecule has 0 radical (unpaired) electrons. The fourth-order valence-corrected chi connectivity index (χ4v) is 3.20. The Kier molecular flexibility index (Phi) is 5.49. The molecule has 0 saturated heterocycles. The van der Waals surface area contributed by atoms with Gasteiger partial charge in [-0.15, -0.1) is 0 Å². The zero-order chi connectivity index (χ0) is 17.6. The number of carbonyl (C=O) groups excluding carboxylic acids is 1. The molecular formula is C21H24N2O2. The molecular weight excluding hydrogens is 312 g/mol. The van der Waals surface area contributed by atoms with Crippen molar-refractivity contribution in [2.45, 2.75) is 45.1 Å². The first-order valence-electron chi connectivity index (χ1n) is 8.91. The highest BCUT2D eigenvalue weighted by molar-refractivity contribution is 6.18. The van der Waals surface area contributed by atoms with Crippen molar-refractivity contribution >= 4 is 17.7 Å². The molecule has 25 heavy (non-hydrogen) atoms. The average molecular weight is 336 g/mol. The first-order valence-corrected chi connectivity index (χ1v) is 8.91. The standard InChI is InChI=1S/C21H24N2O2/c1-16-10-12-17(13-11-16)15-19(23-14-6-5-9-20(23)24)21(25)22-18-7-3-2-4-8-18/h5-6,9-15,18H,2-4,7-8H2,1H3,(H,22,25)/b19-15+. The van der Waals surface area contributed by atoms with Gasteiger partial charge in [0.2, 0.25) is 0 Å². The fraction of sp³-hybridized carbons (Fsp3) is 0.333. The van der Waals surface area contributed by atoms with Crippen molar-refractivity contribution in [2.75, 3.05) is 0 Å². The molecule has 1 fully saturated rings. The predicted molar refractivity (Wildman–Crippen MR) is 101 cm³/mol. The second-order valence-corrected chi connectivity index (χ2v) is 6.66. The van der Waals surface area contributed by atoms with Crippen LogP contribution in [0, 0.1) is 6.92 Å². The monoisotopic (exact) mass is 336 g/mol. The number of nitrogens with one attached hydrogen (secondary N) is 1. The number of nitrogens with zero attached hydrogens (tertiary/aromatic N) is 1. The maximum absolute atomic E-state index is 12.9. The van der Waals surface area contributed by atoms with E-state index < -0.39 is 0 Å². The number of pyridine rings is 1. The van der Waals surface area contributed by atoms with Gasteiger partial charge in [-0.05, 0) is 37.5 Å². The van der Waals surface area contributed by atoms with E-state index in [2.05, 4.69) is 5.32 Å². The molecule has 1 aliphatic carbocycles. The molecule has 1 aliphatic rings. The van der Waals surface area contributed by atoms with Crippen molar-refractivity contribution in [1.82, 2.24) is 9.88 Å². The van der Waals surface area contributed by atoms with Gasteiger partial charge in [-0.2, -0.15) is 0 Å². The summed E-state index contributed by atoms with van der Waals surface area (Å²) in [6.07, 6.45) is 8.96. The Morgan fingerprint density at radius 1 is 1.08 bits per heavy atom. The quantitative estimate of drug-likeness (QED) is 0.867. The van der Waals surface area contributed by atoms with Crippen LogP contribution in [0.2, 0.25) is 0 Å². The molecule has 0 spiro atoms. The van der Waals surface area contributed by atoms with E-state index >= 15 is 0 Å². The van der Waals surface area contributed by atoms with Crippen LogP contribution >= 0.6 is 0 Å². The highest BCUT2D eigenvalue weighted by Crippen LogP contribution is 2.19. The molecule has 1 heterocycles. The fourth-order valence-electron chi connectivity index (χ4n) is 3.20. The molecule has 4 heteroatoms. The first kappa shape index (κ1) is 17.2. The van der Waals surface area contributed by atoms with Gasteiger partial charge in [-0.25, -0.2) is 0 Å². The summed E-state index contributed by atoms with van der Waals surface area (Å²) in [6, 6.07) is 13.0. The maximum atomic E-state index is 12.9. The summed E-state index contributed by atoms with van der Waals surface area (Å²) in [4.78, 5) is 25.1. The van der Waals surface area contributed by atoms with Crippen molar-refractivity contribution in [3.8, 4) is 0 Å². The molecule has 1 aromatic carbocycles. The van der Waals surface area contributed by atoms with Crippen molar-refractivity contribution < 1.29 is 4.79 Å². The second-order valence-electron chi connectivity index (χ2n) is 6.66. The van der Waals surface area contributed by atoms with E-state index in [1.165, 1.54) is 17.1 Å². The van der Waals surface area contributed by atoms with Crippen molar-refractivity contribution in [2.24, 2.45) is 0 Å². The van der Waals surface area contributed by atoms with Gasteiger partial charge in [0.25, 0.3) is 11.5 Å². The molecule has 3 rings (SSSR count). The van der Waals surface area contributed by atoms with E-state index in [0.29, 0.717) is 5.70 Å². The molecule has 1 aromatic heterocycles. The third-order valence-electron chi connectivity index (χ3n) is 4.64. The minimum absolute atomic E-state index is 0.194. The zero-order valence-corrected chi connectivity index (χ0v) is 14.6. The summed E-state index contributed by atoms with van der Waals surface area (Å²) in [5.41, 5.74) is 2.21. The third kappa shape index (κ3) is 4.47. The molecule has 0 aliphatic heterocycles. The molecule has 1 amide bonds. The van der Waals surface area contributed by atoms with Crippen LogP contribution in [0.4, 0.5) is 0 Å². The van der Waals surface area contributed by atoms with Crippen LogP contribution in [0.25, 0.3) is 11.8 Å². The lowest BCUT2D eigenvalue weighted by molar-refractivity contribution is -0.116. The molecule has 0 unspecified atom stereocenters. The predicted octanol–water partition coefficient (Wildman–Crippen LogP) is 3.60. The van der Waals surface area contributed by atoms with Gasteiger partial charge in [0.05, 0.1) is 0 Å². The van der Waals surface area contributed by atoms with Crippen molar-refractivity contribution in [3.05, 3.63) is 70.1 Å². The Labute approximate surface area is 148 Å². The lowest BCUT2D eigenvalue weighted by Crippen LogP contribution is -2.38. The van der Waals surface area contributed by atoms with E-state index in [9.17, 15) is 9.59 Å². The van der Waals surface area contributed by atoms with Gasteiger partial charge in [-0.3, -0.25) is 14.2 Å². The molecule has 4 nitrogen and oxygen atoms in total. The number of hydrogen-bond donors (Lipinski definition) is 1. The molecule has 1 N–H and O–H groups in total. The average Bonchev–Trinajstić information content (AvgIpc) is 2.63. The summed E-state index contributed by atoms with van der Waals surface area (Å²) in [5.74, 6) is -0.194. The minimum Gasteiger partial charge on any atom is -0.348 e. The van der Waals surface area contributed by atoms with Crippen LogP contribution in [0.3, 0.4) is 0 Å². The number of aromatic nitrogens is 1. The first-order chi connectivity index (χ1) is 12.1. The van der Waals surface area contributed by atoms with Crippen LogP contribution < -0.4 is 10.9 Å². The Balaban J connectivity index is 1.93. The van der Waals surface area contributed by atoms with Gasteiger partial charge in [-0.1, -0.05) is 55.2 Å². The maximum Gasteiger partial charge on any atom is 0.268 e. The van der Waals surface area contributed by atoms with Crippen LogP contribution in [-0.2, 0) is 4.79 Å². The molecule has 0 bridgehead atoms. The Morgan fingerprint density at radius 2 is 1.80 bits per heavy atom.